The van der Waals surface area contributed by atoms with Crippen LogP contribution in [0.4, 0.5) is 0 Å². The third-order valence-corrected chi connectivity index (χ3v) is 4.71. The molecule has 0 aliphatic rings. The molecular formula is C24H18. The molecule has 0 atom stereocenters. The van der Waals surface area contributed by atoms with Crippen LogP contribution in [0.1, 0.15) is 11.1 Å². The Hall–Kier alpha value is -3.12. The fourth-order valence-corrected chi connectivity index (χ4v) is 3.34. The van der Waals surface area contributed by atoms with Crippen molar-refractivity contribution in [3.63, 3.8) is 0 Å². The van der Waals surface area contributed by atoms with Crippen LogP contribution in [0, 0.1) is 0 Å². The van der Waals surface area contributed by atoms with E-state index in [1.807, 2.05) is 12.2 Å². The molecule has 0 aliphatic carbocycles. The molecule has 0 N–H and O–H groups in total. The molecule has 0 nitrogen and oxygen atoms in total. The summed E-state index contributed by atoms with van der Waals surface area (Å²) in [7, 11) is 0. The first-order chi connectivity index (χ1) is 11.6. The molecule has 0 heterocycles. The van der Waals surface area contributed by atoms with E-state index >= 15 is 0 Å². The predicted molar refractivity (Wildman–Crippen MR) is 109 cm³/mol. The van der Waals surface area contributed by atoms with Crippen LogP contribution < -0.4 is 10.4 Å². The standard InChI is InChI=1S/C24H18/c1-5-17-9-21-13-23-11-19-7-15(3)16(4)8-20(19)12-24(23)14-22(21)10-18(17)6-2/h5-14H,1-4H2. The lowest BCUT2D eigenvalue weighted by molar-refractivity contribution is 1.61. The minimum atomic E-state index is 0.979. The molecular weight excluding hydrogens is 288 g/mol. The van der Waals surface area contributed by atoms with E-state index in [9.17, 15) is 0 Å². The summed E-state index contributed by atoms with van der Waals surface area (Å²) in [6.45, 7) is 15.9. The fourth-order valence-electron chi connectivity index (χ4n) is 3.34. The van der Waals surface area contributed by atoms with Crippen LogP contribution in [0.5, 0.6) is 0 Å². The molecule has 0 aliphatic heterocycles. The van der Waals surface area contributed by atoms with Crippen LogP contribution in [0.2, 0.25) is 0 Å². The van der Waals surface area contributed by atoms with Gasteiger partial charge in [0.05, 0.1) is 0 Å². The predicted octanol–water partition coefficient (Wildman–Crippen LogP) is 5.25. The van der Waals surface area contributed by atoms with Crippen molar-refractivity contribution in [2.75, 3.05) is 0 Å². The Morgan fingerprint density at radius 2 is 0.750 bits per heavy atom. The molecule has 0 saturated carbocycles. The number of fused-ring (bicyclic) bond motifs is 3. The van der Waals surface area contributed by atoms with E-state index in [1.165, 1.54) is 32.3 Å². The molecule has 0 fully saturated rings. The summed E-state index contributed by atoms with van der Waals surface area (Å²) in [5, 5.41) is 9.24. The average molecular weight is 306 g/mol. The van der Waals surface area contributed by atoms with Crippen molar-refractivity contribution in [1.82, 2.24) is 0 Å². The molecule has 0 amide bonds. The van der Waals surface area contributed by atoms with E-state index in [0.29, 0.717) is 0 Å². The van der Waals surface area contributed by atoms with Gasteiger partial charge in [-0.1, -0.05) is 38.5 Å². The summed E-state index contributed by atoms with van der Waals surface area (Å²) in [5.74, 6) is 0. The van der Waals surface area contributed by atoms with Gasteiger partial charge < -0.3 is 0 Å². The zero-order chi connectivity index (χ0) is 16.8. The SMILES string of the molecule is C=Cc1cc2cc3cc4cc(=C)c(=C)cc4cc3cc2cc1C=C. The van der Waals surface area contributed by atoms with Gasteiger partial charge >= 0.3 is 0 Å². The second-order valence-corrected chi connectivity index (χ2v) is 6.26. The highest BCUT2D eigenvalue weighted by molar-refractivity contribution is 6.05. The van der Waals surface area contributed by atoms with Crippen LogP contribution in [0.3, 0.4) is 0 Å². The van der Waals surface area contributed by atoms with Gasteiger partial charge in [0, 0.05) is 0 Å². The maximum atomic E-state index is 4.06. The van der Waals surface area contributed by atoms with Crippen molar-refractivity contribution in [3.8, 4) is 0 Å². The van der Waals surface area contributed by atoms with Crippen molar-refractivity contribution < 1.29 is 0 Å². The average Bonchev–Trinajstić information content (AvgIpc) is 2.58. The Bertz CT molecular complexity index is 1160. The number of benzene rings is 4. The maximum Gasteiger partial charge on any atom is -0.0171 e. The van der Waals surface area contributed by atoms with Crippen molar-refractivity contribution in [3.05, 3.63) is 83.3 Å². The van der Waals surface area contributed by atoms with E-state index in [1.54, 1.807) is 0 Å². The normalized spacial score (nSPS) is 11.2. The Balaban J connectivity index is 2.12. The Morgan fingerprint density at radius 3 is 1.08 bits per heavy atom. The van der Waals surface area contributed by atoms with E-state index in [0.717, 1.165) is 21.6 Å². The van der Waals surface area contributed by atoms with Crippen molar-refractivity contribution in [2.24, 2.45) is 0 Å². The first-order valence-electron chi connectivity index (χ1n) is 7.97. The lowest BCUT2D eigenvalue weighted by Crippen LogP contribution is -2.20. The van der Waals surface area contributed by atoms with Gasteiger partial charge in [-0.25, -0.2) is 0 Å². The first-order valence-corrected chi connectivity index (χ1v) is 7.97. The van der Waals surface area contributed by atoms with Gasteiger partial charge in [0.25, 0.3) is 0 Å². The third kappa shape index (κ3) is 2.16. The summed E-state index contributed by atoms with van der Waals surface area (Å²) >= 11 is 0. The third-order valence-electron chi connectivity index (χ3n) is 4.71. The highest BCUT2D eigenvalue weighted by atomic mass is 14.1. The van der Waals surface area contributed by atoms with Gasteiger partial charge in [-0.05, 0) is 102 Å². The number of rotatable bonds is 2. The van der Waals surface area contributed by atoms with Gasteiger partial charge in [-0.15, -0.1) is 0 Å². The van der Waals surface area contributed by atoms with Gasteiger partial charge in [0.15, 0.2) is 0 Å². The fraction of sp³-hybridized carbons (Fsp3) is 0. The van der Waals surface area contributed by atoms with Gasteiger partial charge in [-0.2, -0.15) is 0 Å². The van der Waals surface area contributed by atoms with E-state index in [2.05, 4.69) is 74.8 Å². The van der Waals surface area contributed by atoms with E-state index in [4.69, 9.17) is 0 Å². The van der Waals surface area contributed by atoms with Crippen molar-refractivity contribution in [1.29, 1.82) is 0 Å². The smallest absolute Gasteiger partial charge is 0.0171 e. The molecule has 4 aromatic rings. The molecule has 0 radical (unpaired) electrons. The number of hydrogen-bond acceptors (Lipinski definition) is 0. The second kappa shape index (κ2) is 5.21. The minimum absolute atomic E-state index is 0.979. The topological polar surface area (TPSA) is 0 Å². The minimum Gasteiger partial charge on any atom is -0.0984 e. The van der Waals surface area contributed by atoms with Crippen LogP contribution in [0.25, 0.3) is 57.6 Å². The largest absolute Gasteiger partial charge is 0.0984 e. The quantitative estimate of drug-likeness (QED) is 0.444. The summed E-state index contributed by atoms with van der Waals surface area (Å²) in [5.41, 5.74) is 2.22. The van der Waals surface area contributed by atoms with Crippen molar-refractivity contribution in [2.45, 2.75) is 0 Å². The molecule has 0 bridgehead atoms. The Morgan fingerprint density at radius 1 is 0.458 bits per heavy atom. The molecule has 24 heavy (non-hydrogen) atoms. The Kier molecular flexibility index (Phi) is 3.14. The van der Waals surface area contributed by atoms with Gasteiger partial charge in [-0.3, -0.25) is 0 Å². The molecule has 4 rings (SSSR count). The van der Waals surface area contributed by atoms with E-state index in [-0.39, 0.29) is 0 Å². The molecule has 0 spiro atoms. The van der Waals surface area contributed by atoms with Crippen molar-refractivity contribution >= 4 is 57.6 Å². The summed E-state index contributed by atoms with van der Waals surface area (Å²) < 4.78 is 0. The van der Waals surface area contributed by atoms with Gasteiger partial charge in [0.1, 0.15) is 0 Å². The first kappa shape index (κ1) is 14.5. The number of hydrogen-bond donors (Lipinski definition) is 0. The lowest BCUT2D eigenvalue weighted by atomic mass is 9.96. The second-order valence-electron chi connectivity index (χ2n) is 6.26. The van der Waals surface area contributed by atoms with Crippen LogP contribution in [-0.4, -0.2) is 0 Å². The molecule has 114 valence electrons. The highest BCUT2D eigenvalue weighted by Crippen LogP contribution is 2.29. The molecule has 0 unspecified atom stereocenters. The van der Waals surface area contributed by atoms with E-state index < -0.39 is 0 Å². The summed E-state index contributed by atoms with van der Waals surface area (Å²) in [6, 6.07) is 17.5. The lowest BCUT2D eigenvalue weighted by Gasteiger charge is -2.08. The Labute approximate surface area is 141 Å². The molecule has 0 aromatic heterocycles. The van der Waals surface area contributed by atoms with Gasteiger partial charge in [0.2, 0.25) is 0 Å². The summed E-state index contributed by atoms with van der Waals surface area (Å²) in [4.78, 5) is 0. The van der Waals surface area contributed by atoms with Crippen LogP contribution in [0.15, 0.2) is 61.7 Å². The zero-order valence-corrected chi connectivity index (χ0v) is 13.6. The zero-order valence-electron chi connectivity index (χ0n) is 13.6. The molecule has 0 saturated heterocycles. The van der Waals surface area contributed by atoms with Crippen LogP contribution >= 0.6 is 0 Å². The summed E-state index contributed by atoms with van der Waals surface area (Å²) in [6.07, 6.45) is 3.76. The molecule has 4 aromatic carbocycles. The highest BCUT2D eigenvalue weighted by Gasteiger charge is 2.04. The van der Waals surface area contributed by atoms with Crippen LogP contribution in [-0.2, 0) is 0 Å². The maximum absolute atomic E-state index is 4.06. The molecule has 0 heteroatoms. The monoisotopic (exact) mass is 306 g/mol.